The van der Waals surface area contributed by atoms with Crippen LogP contribution in [-0.4, -0.2) is 38.6 Å². The maximum absolute atomic E-state index is 13.0. The highest BCUT2D eigenvalue weighted by Gasteiger charge is 2.39. The molecule has 0 spiro atoms. The van der Waals surface area contributed by atoms with Gasteiger partial charge in [0.15, 0.2) is 9.84 Å². The predicted molar refractivity (Wildman–Crippen MR) is 126 cm³/mol. The molecule has 2 aromatic rings. The number of carbonyl (C=O) groups is 2. The maximum atomic E-state index is 13.0. The molecule has 1 aliphatic heterocycles. The Morgan fingerprint density at radius 1 is 1.00 bits per heavy atom. The second-order valence-corrected chi connectivity index (χ2v) is 11.4. The third-order valence-corrected chi connectivity index (χ3v) is 8.14. The first-order valence-corrected chi connectivity index (χ1v) is 12.8. The third-order valence-electron chi connectivity index (χ3n) is 6.04. The average molecular weight is 455 g/mol. The summed E-state index contributed by atoms with van der Waals surface area (Å²) in [6.45, 7) is 7.75. The molecule has 2 aromatic carbocycles. The number of anilines is 2. The van der Waals surface area contributed by atoms with Gasteiger partial charge in [0.1, 0.15) is 0 Å². The van der Waals surface area contributed by atoms with Crippen LogP contribution in [0.3, 0.4) is 0 Å². The molecule has 1 heterocycles. The first kappa shape index (κ1) is 22.5. The minimum atomic E-state index is -3.32. The van der Waals surface area contributed by atoms with Crippen molar-refractivity contribution in [2.45, 2.75) is 51.5 Å². The molecule has 32 heavy (non-hydrogen) atoms. The Bertz CT molecular complexity index is 1150. The van der Waals surface area contributed by atoms with Crippen LogP contribution in [0.2, 0.25) is 0 Å². The monoisotopic (exact) mass is 454 g/mol. The zero-order valence-electron chi connectivity index (χ0n) is 19.0. The maximum Gasteiger partial charge on any atom is 0.230 e. The van der Waals surface area contributed by atoms with Crippen LogP contribution in [0.1, 0.15) is 40.5 Å². The lowest BCUT2D eigenvalue weighted by molar-refractivity contribution is -0.120. The van der Waals surface area contributed by atoms with Gasteiger partial charge < -0.3 is 9.80 Å². The molecule has 0 saturated heterocycles. The molecule has 4 rings (SSSR count). The van der Waals surface area contributed by atoms with Crippen LogP contribution in [0.15, 0.2) is 47.4 Å². The lowest BCUT2D eigenvalue weighted by Gasteiger charge is -2.41. The van der Waals surface area contributed by atoms with Gasteiger partial charge in [-0.2, -0.15) is 0 Å². The van der Waals surface area contributed by atoms with Gasteiger partial charge in [0.2, 0.25) is 11.8 Å². The van der Waals surface area contributed by atoms with Gasteiger partial charge in [0.25, 0.3) is 0 Å². The van der Waals surface area contributed by atoms with Gasteiger partial charge in [0, 0.05) is 19.4 Å². The largest absolute Gasteiger partial charge is 0.308 e. The molecule has 170 valence electrons. The van der Waals surface area contributed by atoms with E-state index < -0.39 is 9.84 Å². The highest BCUT2D eigenvalue weighted by atomic mass is 32.2. The van der Waals surface area contributed by atoms with Crippen LogP contribution < -0.4 is 9.80 Å². The van der Waals surface area contributed by atoms with Crippen LogP contribution in [0, 0.1) is 11.8 Å². The number of sulfone groups is 1. The van der Waals surface area contributed by atoms with Crippen molar-refractivity contribution in [3.8, 4) is 11.1 Å². The highest BCUT2D eigenvalue weighted by Crippen LogP contribution is 2.42. The summed E-state index contributed by atoms with van der Waals surface area (Å²) in [5, 5.41) is 0. The van der Waals surface area contributed by atoms with Crippen molar-refractivity contribution in [3.05, 3.63) is 42.5 Å². The zero-order valence-corrected chi connectivity index (χ0v) is 19.9. The molecule has 7 heteroatoms. The Morgan fingerprint density at radius 3 is 2.19 bits per heavy atom. The van der Waals surface area contributed by atoms with Crippen molar-refractivity contribution in [2.75, 3.05) is 22.1 Å². The molecule has 6 nitrogen and oxygen atoms in total. The summed E-state index contributed by atoms with van der Waals surface area (Å²) in [6, 6.07) is 12.5. The number of nitrogens with zero attached hydrogens (tertiary/aromatic N) is 2. The number of fused-ring (bicyclic) bond motifs is 1. The van der Waals surface area contributed by atoms with Gasteiger partial charge in [-0.15, -0.1) is 0 Å². The SMILES string of the molecule is CC(=O)N1c2ccc(-c3ccc(S(=O)(=O)CC(C)C)cc3)cc2N(C(=O)C2CC2)C[C@@H]1C. The Balaban J connectivity index is 1.72. The Hall–Kier alpha value is -2.67. The first-order valence-electron chi connectivity index (χ1n) is 11.2. The topological polar surface area (TPSA) is 74.8 Å². The molecular weight excluding hydrogens is 424 g/mol. The second-order valence-electron chi connectivity index (χ2n) is 9.36. The fraction of sp³-hybridized carbons (Fsp3) is 0.440. The molecule has 0 aromatic heterocycles. The quantitative estimate of drug-likeness (QED) is 0.676. The molecule has 2 amide bonds. The van der Waals surface area contributed by atoms with Crippen molar-refractivity contribution in [3.63, 3.8) is 0 Å². The predicted octanol–water partition coefficient (Wildman–Crippen LogP) is 4.28. The number of benzene rings is 2. The summed E-state index contributed by atoms with van der Waals surface area (Å²) in [5.41, 5.74) is 3.22. The summed E-state index contributed by atoms with van der Waals surface area (Å²) >= 11 is 0. The van der Waals surface area contributed by atoms with E-state index in [9.17, 15) is 18.0 Å². The molecule has 0 bridgehead atoms. The van der Waals surface area contributed by atoms with E-state index in [1.54, 1.807) is 36.1 Å². The van der Waals surface area contributed by atoms with Gasteiger partial charge >= 0.3 is 0 Å². The van der Waals surface area contributed by atoms with E-state index in [1.807, 2.05) is 43.9 Å². The molecule has 1 atom stereocenters. The molecule has 1 fully saturated rings. The van der Waals surface area contributed by atoms with Crippen LogP contribution in [0.25, 0.3) is 11.1 Å². The van der Waals surface area contributed by atoms with Gasteiger partial charge in [-0.25, -0.2) is 8.42 Å². The normalized spacial score (nSPS) is 18.6. The number of hydrogen-bond donors (Lipinski definition) is 0. The fourth-order valence-corrected chi connectivity index (χ4v) is 6.05. The van der Waals surface area contributed by atoms with Crippen molar-refractivity contribution in [1.82, 2.24) is 0 Å². The van der Waals surface area contributed by atoms with Crippen LogP contribution in [-0.2, 0) is 19.4 Å². The number of rotatable bonds is 5. The van der Waals surface area contributed by atoms with E-state index in [0.29, 0.717) is 11.4 Å². The zero-order chi connectivity index (χ0) is 23.2. The Morgan fingerprint density at radius 2 is 1.62 bits per heavy atom. The standard InChI is InChI=1S/C25H30N2O4S/c1-16(2)15-32(30,31)22-10-7-19(8-11-22)21-9-12-23-24(13-21)26(25(29)20-5-6-20)14-17(3)27(23)18(4)28/h7-13,16-17,20H,5-6,14-15H2,1-4H3/t17-/m0/s1. The molecular formula is C25H30N2O4S. The fourth-order valence-electron chi connectivity index (χ4n) is 4.43. The summed E-state index contributed by atoms with van der Waals surface area (Å²) in [4.78, 5) is 29.2. The van der Waals surface area contributed by atoms with E-state index >= 15 is 0 Å². The first-order chi connectivity index (χ1) is 15.1. The van der Waals surface area contributed by atoms with Crippen LogP contribution in [0.5, 0.6) is 0 Å². The summed E-state index contributed by atoms with van der Waals surface area (Å²) in [6.07, 6.45) is 1.84. The molecule has 1 aliphatic carbocycles. The molecule has 0 radical (unpaired) electrons. The lowest BCUT2D eigenvalue weighted by Crippen LogP contribution is -2.51. The van der Waals surface area contributed by atoms with Crippen molar-refractivity contribution in [2.24, 2.45) is 11.8 Å². The Kier molecular flexibility index (Phi) is 5.88. The third kappa shape index (κ3) is 4.31. The van der Waals surface area contributed by atoms with E-state index in [-0.39, 0.29) is 35.4 Å². The summed E-state index contributed by atoms with van der Waals surface area (Å²) < 4.78 is 25.0. The van der Waals surface area contributed by atoms with Gasteiger partial charge in [0.05, 0.1) is 28.1 Å². The molecule has 1 saturated carbocycles. The van der Waals surface area contributed by atoms with Crippen LogP contribution >= 0.6 is 0 Å². The second kappa shape index (κ2) is 8.35. The van der Waals surface area contributed by atoms with Gasteiger partial charge in [-0.05, 0) is 61.1 Å². The van der Waals surface area contributed by atoms with Crippen molar-refractivity contribution < 1.29 is 18.0 Å². The minimum absolute atomic E-state index is 0.0512. The van der Waals surface area contributed by atoms with Crippen molar-refractivity contribution in [1.29, 1.82) is 0 Å². The number of amides is 2. The molecule has 2 aliphatic rings. The smallest absolute Gasteiger partial charge is 0.230 e. The van der Waals surface area contributed by atoms with E-state index in [1.165, 1.54) is 0 Å². The van der Waals surface area contributed by atoms with Gasteiger partial charge in [-0.1, -0.05) is 32.0 Å². The molecule has 0 N–H and O–H groups in total. The van der Waals surface area contributed by atoms with Crippen molar-refractivity contribution >= 4 is 33.0 Å². The van der Waals surface area contributed by atoms with E-state index in [0.717, 1.165) is 35.3 Å². The highest BCUT2D eigenvalue weighted by molar-refractivity contribution is 7.91. The minimum Gasteiger partial charge on any atom is -0.308 e. The summed E-state index contributed by atoms with van der Waals surface area (Å²) in [7, 11) is -3.32. The number of hydrogen-bond acceptors (Lipinski definition) is 4. The van der Waals surface area contributed by atoms with E-state index in [4.69, 9.17) is 0 Å². The Labute approximate surface area is 190 Å². The molecule has 0 unspecified atom stereocenters. The number of carbonyl (C=O) groups excluding carboxylic acids is 2. The van der Waals surface area contributed by atoms with Crippen LogP contribution in [0.4, 0.5) is 11.4 Å². The van der Waals surface area contributed by atoms with E-state index in [2.05, 4.69) is 0 Å². The van der Waals surface area contributed by atoms with Gasteiger partial charge in [-0.3, -0.25) is 9.59 Å². The lowest BCUT2D eigenvalue weighted by atomic mass is 10.00. The average Bonchev–Trinajstić information content (AvgIpc) is 3.56. The summed E-state index contributed by atoms with van der Waals surface area (Å²) in [5.74, 6) is 0.316.